The molecule has 0 saturated heterocycles. The highest BCUT2D eigenvalue weighted by Gasteiger charge is 2.19. The van der Waals surface area contributed by atoms with Gasteiger partial charge in [0.15, 0.2) is 0 Å². The standard InChI is InChI=1S/C22H17ClN4O4/c1-26(18-7-2-3-10-24-18)20(29)13-8-9-15(23)17(11-13)27-21(30)19-14(12-28)5-4-6-16(19)25-22(27)31/h2-11,28H,12H2,1H3,(H,25,31). The summed E-state index contributed by atoms with van der Waals surface area (Å²) >= 11 is 6.30. The number of carbonyl (C=O) groups is 1. The number of fused-ring (bicyclic) bond motifs is 1. The third-order valence-corrected chi connectivity index (χ3v) is 5.23. The molecule has 156 valence electrons. The zero-order chi connectivity index (χ0) is 22.1. The van der Waals surface area contributed by atoms with Gasteiger partial charge in [-0.3, -0.25) is 14.5 Å². The minimum Gasteiger partial charge on any atom is -0.392 e. The van der Waals surface area contributed by atoms with Crippen molar-refractivity contribution in [3.05, 3.63) is 97.8 Å². The van der Waals surface area contributed by atoms with Crippen LogP contribution in [0.3, 0.4) is 0 Å². The molecule has 1 amide bonds. The zero-order valence-corrected chi connectivity index (χ0v) is 17.1. The van der Waals surface area contributed by atoms with E-state index in [1.165, 1.54) is 23.1 Å². The van der Waals surface area contributed by atoms with Crippen LogP contribution in [0.15, 0.2) is 70.4 Å². The molecule has 2 aromatic heterocycles. The number of aromatic amines is 1. The summed E-state index contributed by atoms with van der Waals surface area (Å²) in [5.74, 6) is 0.0511. The van der Waals surface area contributed by atoms with Crippen LogP contribution in [0.5, 0.6) is 0 Å². The van der Waals surface area contributed by atoms with E-state index in [-0.39, 0.29) is 28.3 Å². The summed E-state index contributed by atoms with van der Waals surface area (Å²) in [6, 6.07) is 14.3. The molecule has 0 atom stereocenters. The van der Waals surface area contributed by atoms with Gasteiger partial charge in [0.05, 0.1) is 28.2 Å². The van der Waals surface area contributed by atoms with Gasteiger partial charge in [-0.25, -0.2) is 14.3 Å². The first-order valence-electron chi connectivity index (χ1n) is 9.29. The van der Waals surface area contributed by atoms with Crippen molar-refractivity contribution in [2.75, 3.05) is 11.9 Å². The molecule has 2 N–H and O–H groups in total. The van der Waals surface area contributed by atoms with E-state index in [4.69, 9.17) is 11.6 Å². The van der Waals surface area contributed by atoms with Crippen molar-refractivity contribution < 1.29 is 9.90 Å². The second kappa shape index (κ2) is 8.17. The lowest BCUT2D eigenvalue weighted by molar-refractivity contribution is 0.0992. The van der Waals surface area contributed by atoms with E-state index < -0.39 is 17.2 Å². The quantitative estimate of drug-likeness (QED) is 0.511. The second-order valence-electron chi connectivity index (χ2n) is 6.79. The number of amides is 1. The minimum atomic E-state index is -0.711. The smallest absolute Gasteiger partial charge is 0.333 e. The first kappa shape index (κ1) is 20.5. The van der Waals surface area contributed by atoms with E-state index in [9.17, 15) is 19.5 Å². The van der Waals surface area contributed by atoms with Crippen LogP contribution in [0, 0.1) is 0 Å². The van der Waals surface area contributed by atoms with Gasteiger partial charge in [0, 0.05) is 18.8 Å². The molecule has 8 nitrogen and oxygen atoms in total. The van der Waals surface area contributed by atoms with Gasteiger partial charge in [0.2, 0.25) is 0 Å². The van der Waals surface area contributed by atoms with E-state index in [1.54, 1.807) is 49.6 Å². The Balaban J connectivity index is 1.88. The number of aliphatic hydroxyl groups excluding tert-OH is 1. The van der Waals surface area contributed by atoms with E-state index in [0.29, 0.717) is 16.9 Å². The molecule has 2 heterocycles. The maximum absolute atomic E-state index is 13.2. The van der Waals surface area contributed by atoms with Gasteiger partial charge in [-0.05, 0) is 42.0 Å². The molecule has 2 aromatic carbocycles. The van der Waals surface area contributed by atoms with Crippen molar-refractivity contribution in [3.8, 4) is 5.69 Å². The van der Waals surface area contributed by atoms with Crippen LogP contribution in [-0.2, 0) is 6.61 Å². The third kappa shape index (κ3) is 3.63. The lowest BCUT2D eigenvalue weighted by Crippen LogP contribution is -2.34. The molecular formula is C22H17ClN4O4. The molecule has 31 heavy (non-hydrogen) atoms. The predicted octanol–water partition coefficient (Wildman–Crippen LogP) is 2.50. The lowest BCUT2D eigenvalue weighted by atomic mass is 10.1. The molecule has 0 aliphatic rings. The number of aromatic nitrogens is 3. The summed E-state index contributed by atoms with van der Waals surface area (Å²) in [5.41, 5.74) is -0.413. The Morgan fingerprint density at radius 2 is 1.97 bits per heavy atom. The Bertz CT molecular complexity index is 1410. The van der Waals surface area contributed by atoms with Gasteiger partial charge in [0.1, 0.15) is 5.82 Å². The number of anilines is 1. The van der Waals surface area contributed by atoms with Crippen molar-refractivity contribution in [1.82, 2.24) is 14.5 Å². The van der Waals surface area contributed by atoms with Crippen LogP contribution in [-0.4, -0.2) is 32.6 Å². The largest absolute Gasteiger partial charge is 0.392 e. The Hall–Kier alpha value is -3.75. The summed E-state index contributed by atoms with van der Waals surface area (Å²) in [6.07, 6.45) is 1.57. The Morgan fingerprint density at radius 1 is 1.16 bits per heavy atom. The third-order valence-electron chi connectivity index (χ3n) is 4.91. The van der Waals surface area contributed by atoms with Crippen LogP contribution in [0.1, 0.15) is 15.9 Å². The highest BCUT2D eigenvalue weighted by atomic mass is 35.5. The van der Waals surface area contributed by atoms with E-state index >= 15 is 0 Å². The van der Waals surface area contributed by atoms with Crippen molar-refractivity contribution in [1.29, 1.82) is 0 Å². The molecule has 4 aromatic rings. The van der Waals surface area contributed by atoms with E-state index in [1.807, 2.05) is 0 Å². The Kier molecular flexibility index (Phi) is 5.41. The number of H-pyrrole nitrogens is 1. The normalized spacial score (nSPS) is 10.9. The fraction of sp³-hybridized carbons (Fsp3) is 0.0909. The molecule has 0 fully saturated rings. The Morgan fingerprint density at radius 3 is 2.68 bits per heavy atom. The highest BCUT2D eigenvalue weighted by molar-refractivity contribution is 6.32. The topological polar surface area (TPSA) is 108 Å². The summed E-state index contributed by atoms with van der Waals surface area (Å²) in [6.45, 7) is -0.375. The highest BCUT2D eigenvalue weighted by Crippen LogP contribution is 2.22. The Labute approximate surface area is 181 Å². The summed E-state index contributed by atoms with van der Waals surface area (Å²) in [7, 11) is 1.57. The molecule has 0 aliphatic carbocycles. The SMILES string of the molecule is CN(C(=O)c1ccc(Cl)c(-n2c(=O)[nH]c3cccc(CO)c3c2=O)c1)c1ccccn1. The molecule has 0 aliphatic heterocycles. The minimum absolute atomic E-state index is 0.0582. The van der Waals surface area contributed by atoms with Crippen LogP contribution in [0.2, 0.25) is 5.02 Å². The predicted molar refractivity (Wildman–Crippen MR) is 118 cm³/mol. The number of benzene rings is 2. The van der Waals surface area contributed by atoms with Crippen LogP contribution >= 0.6 is 11.6 Å². The number of halogens is 1. The monoisotopic (exact) mass is 436 g/mol. The first-order chi connectivity index (χ1) is 14.9. The van der Waals surface area contributed by atoms with Gasteiger partial charge in [-0.1, -0.05) is 29.8 Å². The van der Waals surface area contributed by atoms with Crippen molar-refractivity contribution in [2.24, 2.45) is 0 Å². The van der Waals surface area contributed by atoms with Crippen molar-refractivity contribution in [3.63, 3.8) is 0 Å². The number of hydrogen-bond donors (Lipinski definition) is 2. The first-order valence-corrected chi connectivity index (χ1v) is 9.67. The number of pyridine rings is 1. The van der Waals surface area contributed by atoms with Gasteiger partial charge < -0.3 is 10.1 Å². The maximum atomic E-state index is 13.2. The molecular weight excluding hydrogens is 420 g/mol. The molecule has 0 radical (unpaired) electrons. The lowest BCUT2D eigenvalue weighted by Gasteiger charge is -2.17. The van der Waals surface area contributed by atoms with Crippen LogP contribution < -0.4 is 16.1 Å². The fourth-order valence-corrected chi connectivity index (χ4v) is 3.55. The molecule has 0 saturated carbocycles. The zero-order valence-electron chi connectivity index (χ0n) is 16.4. The average Bonchev–Trinajstić information content (AvgIpc) is 2.79. The van der Waals surface area contributed by atoms with Crippen LogP contribution in [0.4, 0.5) is 5.82 Å². The molecule has 0 bridgehead atoms. The van der Waals surface area contributed by atoms with Gasteiger partial charge in [-0.15, -0.1) is 0 Å². The van der Waals surface area contributed by atoms with Crippen LogP contribution in [0.25, 0.3) is 16.6 Å². The van der Waals surface area contributed by atoms with Crippen molar-refractivity contribution >= 4 is 34.2 Å². The van der Waals surface area contributed by atoms with Gasteiger partial charge >= 0.3 is 5.69 Å². The van der Waals surface area contributed by atoms with E-state index in [0.717, 1.165) is 4.57 Å². The summed E-state index contributed by atoms with van der Waals surface area (Å²) in [4.78, 5) is 47.0. The number of nitrogens with zero attached hydrogens (tertiary/aromatic N) is 3. The van der Waals surface area contributed by atoms with Gasteiger partial charge in [-0.2, -0.15) is 0 Å². The van der Waals surface area contributed by atoms with Gasteiger partial charge in [0.25, 0.3) is 11.5 Å². The number of rotatable bonds is 4. The molecule has 0 unspecified atom stereocenters. The van der Waals surface area contributed by atoms with Crippen molar-refractivity contribution in [2.45, 2.75) is 6.61 Å². The number of nitrogens with one attached hydrogen (secondary N) is 1. The average molecular weight is 437 g/mol. The number of hydrogen-bond acceptors (Lipinski definition) is 5. The van der Waals surface area contributed by atoms with E-state index in [2.05, 4.69) is 9.97 Å². The molecule has 4 rings (SSSR count). The fourth-order valence-electron chi connectivity index (χ4n) is 3.35. The number of aliphatic hydroxyl groups is 1. The molecule has 0 spiro atoms. The number of carbonyl (C=O) groups excluding carboxylic acids is 1. The molecule has 9 heteroatoms. The summed E-state index contributed by atoms with van der Waals surface area (Å²) in [5, 5.41) is 9.89. The summed E-state index contributed by atoms with van der Waals surface area (Å²) < 4.78 is 0.862. The maximum Gasteiger partial charge on any atom is 0.333 e. The second-order valence-corrected chi connectivity index (χ2v) is 7.19.